The van der Waals surface area contributed by atoms with E-state index in [9.17, 15) is 18.0 Å². The molecule has 1 fully saturated rings. The second-order valence-electron chi connectivity index (χ2n) is 5.74. The van der Waals surface area contributed by atoms with Gasteiger partial charge in [0.1, 0.15) is 0 Å². The Morgan fingerprint density at radius 3 is 2.36 bits per heavy atom. The molecule has 0 spiro atoms. The van der Waals surface area contributed by atoms with Crippen molar-refractivity contribution in [2.45, 2.75) is 25.4 Å². The van der Waals surface area contributed by atoms with Gasteiger partial charge in [0.25, 0.3) is 0 Å². The summed E-state index contributed by atoms with van der Waals surface area (Å²) < 4.78 is 38.3. The van der Waals surface area contributed by atoms with Crippen molar-refractivity contribution < 1.29 is 18.0 Å². The maximum atomic E-state index is 12.8. The summed E-state index contributed by atoms with van der Waals surface area (Å²) in [6.07, 6.45) is -1.69. The molecule has 1 amide bonds. The number of nitrogens with one attached hydrogen (secondary N) is 2. The lowest BCUT2D eigenvalue weighted by atomic mass is 9.85. The van der Waals surface area contributed by atoms with Crippen molar-refractivity contribution in [2.75, 3.05) is 10.6 Å². The summed E-state index contributed by atoms with van der Waals surface area (Å²) in [5, 5.41) is 13.2. The first-order valence-electron chi connectivity index (χ1n) is 7.61. The number of aromatic nitrogens is 2. The van der Waals surface area contributed by atoms with E-state index < -0.39 is 11.7 Å². The lowest BCUT2D eigenvalue weighted by molar-refractivity contribution is -0.137. The van der Waals surface area contributed by atoms with Gasteiger partial charge in [0, 0.05) is 5.92 Å². The number of alkyl halides is 3. The topological polar surface area (TPSA) is 66.9 Å². The molecule has 1 aliphatic carbocycles. The fourth-order valence-corrected chi connectivity index (χ4v) is 2.46. The van der Waals surface area contributed by atoms with Crippen LogP contribution in [-0.4, -0.2) is 16.1 Å². The van der Waals surface area contributed by atoms with E-state index in [-0.39, 0.29) is 34.2 Å². The fraction of sp³-hybridized carbons (Fsp3) is 0.312. The summed E-state index contributed by atoms with van der Waals surface area (Å²) in [6.45, 7) is 0. The van der Waals surface area contributed by atoms with Crippen LogP contribution in [0.2, 0.25) is 5.02 Å². The van der Waals surface area contributed by atoms with Crippen LogP contribution < -0.4 is 10.6 Å². The standard InChI is InChI=1S/C16H14ClF3N4O/c17-11-5-4-10(16(18,19)20)8-12(11)21-13-6-7-14(24-23-13)22-15(25)9-2-1-3-9/h4-9H,1-3H2,(H,21,23)(H,22,24,25). The summed E-state index contributed by atoms with van der Waals surface area (Å²) in [6, 6.07) is 5.98. The molecule has 3 rings (SSSR count). The van der Waals surface area contributed by atoms with Crippen molar-refractivity contribution in [3.8, 4) is 0 Å². The molecule has 0 aliphatic heterocycles. The Balaban J connectivity index is 1.70. The third-order valence-electron chi connectivity index (χ3n) is 3.95. The second-order valence-corrected chi connectivity index (χ2v) is 6.15. The third kappa shape index (κ3) is 4.19. The normalized spacial score (nSPS) is 14.7. The van der Waals surface area contributed by atoms with Gasteiger partial charge in [0.15, 0.2) is 11.6 Å². The molecule has 0 saturated heterocycles. The highest BCUT2D eigenvalue weighted by Crippen LogP contribution is 2.34. The molecule has 0 bridgehead atoms. The zero-order valence-corrected chi connectivity index (χ0v) is 13.7. The molecule has 2 N–H and O–H groups in total. The highest BCUT2D eigenvalue weighted by molar-refractivity contribution is 6.33. The number of anilines is 3. The molecular weight excluding hydrogens is 357 g/mol. The van der Waals surface area contributed by atoms with Crippen LogP contribution in [-0.2, 0) is 11.0 Å². The van der Waals surface area contributed by atoms with Crippen LogP contribution in [0.3, 0.4) is 0 Å². The Bertz CT molecular complexity index is 776. The van der Waals surface area contributed by atoms with E-state index in [0.29, 0.717) is 0 Å². The summed E-state index contributed by atoms with van der Waals surface area (Å²) in [5.74, 6) is 0.422. The van der Waals surface area contributed by atoms with Crippen molar-refractivity contribution in [1.29, 1.82) is 0 Å². The second kappa shape index (κ2) is 6.87. The molecular formula is C16H14ClF3N4O. The fourth-order valence-electron chi connectivity index (χ4n) is 2.30. The Morgan fingerprint density at radius 2 is 1.80 bits per heavy atom. The monoisotopic (exact) mass is 370 g/mol. The number of amides is 1. The van der Waals surface area contributed by atoms with E-state index >= 15 is 0 Å². The maximum Gasteiger partial charge on any atom is 0.416 e. The SMILES string of the molecule is O=C(Nc1ccc(Nc2cc(C(F)(F)F)ccc2Cl)nn1)C1CCC1. The molecule has 1 aromatic heterocycles. The van der Waals surface area contributed by atoms with Gasteiger partial charge in [-0.25, -0.2) is 0 Å². The average Bonchev–Trinajstić information content (AvgIpc) is 2.48. The molecule has 25 heavy (non-hydrogen) atoms. The molecule has 132 valence electrons. The lowest BCUT2D eigenvalue weighted by Crippen LogP contribution is -2.28. The summed E-state index contributed by atoms with van der Waals surface area (Å²) in [5.41, 5.74) is -0.756. The largest absolute Gasteiger partial charge is 0.416 e. The van der Waals surface area contributed by atoms with Gasteiger partial charge in [-0.2, -0.15) is 13.2 Å². The first kappa shape index (κ1) is 17.5. The number of halogens is 4. The van der Waals surface area contributed by atoms with Gasteiger partial charge < -0.3 is 10.6 Å². The van der Waals surface area contributed by atoms with E-state index in [4.69, 9.17) is 11.6 Å². The molecule has 1 saturated carbocycles. The zero-order chi connectivity index (χ0) is 18.0. The predicted octanol–water partition coefficient (Wildman–Crippen LogP) is 4.63. The Kier molecular flexibility index (Phi) is 4.80. The average molecular weight is 371 g/mol. The van der Waals surface area contributed by atoms with E-state index in [0.717, 1.165) is 37.5 Å². The summed E-state index contributed by atoms with van der Waals surface area (Å²) in [4.78, 5) is 11.8. The van der Waals surface area contributed by atoms with Gasteiger partial charge in [-0.05, 0) is 43.2 Å². The smallest absolute Gasteiger partial charge is 0.338 e. The van der Waals surface area contributed by atoms with Gasteiger partial charge in [-0.3, -0.25) is 4.79 Å². The van der Waals surface area contributed by atoms with Crippen molar-refractivity contribution in [1.82, 2.24) is 10.2 Å². The van der Waals surface area contributed by atoms with Crippen molar-refractivity contribution in [3.05, 3.63) is 40.9 Å². The Hall–Kier alpha value is -2.35. The highest BCUT2D eigenvalue weighted by atomic mass is 35.5. The maximum absolute atomic E-state index is 12.8. The van der Waals surface area contributed by atoms with Crippen molar-refractivity contribution in [3.63, 3.8) is 0 Å². The van der Waals surface area contributed by atoms with Gasteiger partial charge >= 0.3 is 6.18 Å². The predicted molar refractivity (Wildman–Crippen MR) is 87.7 cm³/mol. The van der Waals surface area contributed by atoms with Crippen LogP contribution in [0, 0.1) is 5.92 Å². The first-order chi connectivity index (χ1) is 11.8. The van der Waals surface area contributed by atoms with E-state index in [1.165, 1.54) is 12.1 Å². The van der Waals surface area contributed by atoms with Crippen LogP contribution in [0.4, 0.5) is 30.5 Å². The van der Waals surface area contributed by atoms with Gasteiger partial charge in [0.2, 0.25) is 5.91 Å². The molecule has 0 atom stereocenters. The Labute approximate surface area is 146 Å². The number of carbonyl (C=O) groups is 1. The molecule has 5 nitrogen and oxygen atoms in total. The lowest BCUT2D eigenvalue weighted by Gasteiger charge is -2.23. The van der Waals surface area contributed by atoms with Crippen LogP contribution in [0.1, 0.15) is 24.8 Å². The molecule has 9 heteroatoms. The third-order valence-corrected chi connectivity index (χ3v) is 4.28. The number of hydrogen-bond acceptors (Lipinski definition) is 4. The number of benzene rings is 1. The molecule has 0 radical (unpaired) electrons. The van der Waals surface area contributed by atoms with E-state index in [2.05, 4.69) is 20.8 Å². The van der Waals surface area contributed by atoms with Crippen LogP contribution >= 0.6 is 11.6 Å². The number of hydrogen-bond donors (Lipinski definition) is 2. The van der Waals surface area contributed by atoms with E-state index in [1.54, 1.807) is 0 Å². The van der Waals surface area contributed by atoms with Gasteiger partial charge in [0.05, 0.1) is 16.3 Å². The van der Waals surface area contributed by atoms with Gasteiger partial charge in [-0.15, -0.1) is 10.2 Å². The van der Waals surface area contributed by atoms with Crippen molar-refractivity contribution >= 4 is 34.8 Å². The summed E-state index contributed by atoms with van der Waals surface area (Å²) in [7, 11) is 0. The molecule has 1 aliphatic rings. The number of carbonyl (C=O) groups excluding carboxylic acids is 1. The minimum Gasteiger partial charge on any atom is -0.338 e. The number of rotatable bonds is 4. The molecule has 1 heterocycles. The van der Waals surface area contributed by atoms with Crippen LogP contribution in [0.5, 0.6) is 0 Å². The van der Waals surface area contributed by atoms with Crippen LogP contribution in [0.15, 0.2) is 30.3 Å². The number of nitrogens with zero attached hydrogens (tertiary/aromatic N) is 2. The van der Waals surface area contributed by atoms with Gasteiger partial charge in [-0.1, -0.05) is 18.0 Å². The minimum absolute atomic E-state index is 0.0171. The summed E-state index contributed by atoms with van der Waals surface area (Å²) >= 11 is 5.92. The molecule has 2 aromatic rings. The van der Waals surface area contributed by atoms with Crippen LogP contribution in [0.25, 0.3) is 0 Å². The van der Waals surface area contributed by atoms with E-state index in [1.807, 2.05) is 0 Å². The molecule has 0 unspecified atom stereocenters. The van der Waals surface area contributed by atoms with Crippen molar-refractivity contribution in [2.24, 2.45) is 5.92 Å². The Morgan fingerprint density at radius 1 is 1.12 bits per heavy atom. The minimum atomic E-state index is -4.47. The highest BCUT2D eigenvalue weighted by Gasteiger charge is 2.31. The first-order valence-corrected chi connectivity index (χ1v) is 7.99. The molecule has 1 aromatic carbocycles. The quantitative estimate of drug-likeness (QED) is 0.823. The zero-order valence-electron chi connectivity index (χ0n) is 12.9.